The van der Waals surface area contributed by atoms with Crippen molar-refractivity contribution in [2.75, 3.05) is 19.7 Å². The van der Waals surface area contributed by atoms with Crippen LogP contribution in [0.4, 0.5) is 4.39 Å². The fraction of sp³-hybridized carbons (Fsp3) is 0.278. The zero-order valence-electron chi connectivity index (χ0n) is 12.9. The Kier molecular flexibility index (Phi) is 4.26. The number of carbonyl (C=O) groups excluding carboxylic acids is 1. The highest BCUT2D eigenvalue weighted by molar-refractivity contribution is 5.95. The number of aromatic hydroxyl groups is 1. The summed E-state index contributed by atoms with van der Waals surface area (Å²) in [6.45, 7) is 0.0940. The van der Waals surface area contributed by atoms with Crippen LogP contribution in [-0.2, 0) is 0 Å². The number of aliphatic hydroxyl groups is 2. The maximum absolute atomic E-state index is 13.9. The lowest BCUT2D eigenvalue weighted by Crippen LogP contribution is -2.38. The summed E-state index contributed by atoms with van der Waals surface area (Å²) >= 11 is 0. The number of β-amino-alcohol motifs (C(OH)–C–C–N with tert-alkyl or cyclic N) is 1. The standard InChI is InChI=1S/C18H18FNO4/c19-16-9-14(22)5-6-15(16)12-1-3-13(4-2-12)17(23)20-8-7-18(24,10-20)11-21/h1-6,9,21-22,24H,7-8,10-11H2/t18-/m1/s1. The molecule has 2 aromatic carbocycles. The molecule has 0 radical (unpaired) electrons. The molecule has 0 aromatic heterocycles. The summed E-state index contributed by atoms with van der Waals surface area (Å²) in [6.07, 6.45) is 0.339. The maximum Gasteiger partial charge on any atom is 0.253 e. The third-order valence-corrected chi connectivity index (χ3v) is 4.31. The lowest BCUT2D eigenvalue weighted by molar-refractivity contribution is -0.00455. The van der Waals surface area contributed by atoms with E-state index in [2.05, 4.69) is 0 Å². The van der Waals surface area contributed by atoms with E-state index in [1.165, 1.54) is 17.0 Å². The quantitative estimate of drug-likeness (QED) is 0.801. The van der Waals surface area contributed by atoms with Crippen molar-refractivity contribution in [2.24, 2.45) is 0 Å². The summed E-state index contributed by atoms with van der Waals surface area (Å²) in [5.41, 5.74) is 0.130. The van der Waals surface area contributed by atoms with Crippen LogP contribution >= 0.6 is 0 Å². The van der Waals surface area contributed by atoms with Gasteiger partial charge in [0.25, 0.3) is 5.91 Å². The van der Waals surface area contributed by atoms with E-state index < -0.39 is 11.4 Å². The molecule has 1 aliphatic rings. The lowest BCUT2D eigenvalue weighted by Gasteiger charge is -2.21. The number of hydrogen-bond acceptors (Lipinski definition) is 4. The highest BCUT2D eigenvalue weighted by Gasteiger charge is 2.37. The minimum atomic E-state index is -1.23. The predicted molar refractivity (Wildman–Crippen MR) is 86.1 cm³/mol. The number of likely N-dealkylation sites (tertiary alicyclic amines) is 1. The molecule has 3 rings (SSSR count). The van der Waals surface area contributed by atoms with Gasteiger partial charge >= 0.3 is 0 Å². The number of phenolic OH excluding ortho intramolecular Hbond substituents is 1. The number of phenols is 1. The van der Waals surface area contributed by atoms with Crippen LogP contribution in [0.15, 0.2) is 42.5 Å². The molecule has 24 heavy (non-hydrogen) atoms. The van der Waals surface area contributed by atoms with Crippen LogP contribution in [0.25, 0.3) is 11.1 Å². The van der Waals surface area contributed by atoms with Crippen molar-refractivity contribution in [3.8, 4) is 16.9 Å². The van der Waals surface area contributed by atoms with Gasteiger partial charge < -0.3 is 20.2 Å². The summed E-state index contributed by atoms with van der Waals surface area (Å²) in [7, 11) is 0. The second-order valence-electron chi connectivity index (χ2n) is 6.10. The van der Waals surface area contributed by atoms with Crippen LogP contribution in [0.1, 0.15) is 16.8 Å². The average molecular weight is 331 g/mol. The van der Waals surface area contributed by atoms with E-state index in [0.717, 1.165) is 6.07 Å². The molecule has 1 atom stereocenters. The highest BCUT2D eigenvalue weighted by Crippen LogP contribution is 2.27. The fourth-order valence-corrected chi connectivity index (χ4v) is 2.87. The molecule has 1 amide bonds. The molecule has 6 heteroatoms. The van der Waals surface area contributed by atoms with Gasteiger partial charge in [0.15, 0.2) is 0 Å². The van der Waals surface area contributed by atoms with E-state index in [9.17, 15) is 19.4 Å². The van der Waals surface area contributed by atoms with Gasteiger partial charge in [0, 0.05) is 23.7 Å². The Hall–Kier alpha value is -2.44. The highest BCUT2D eigenvalue weighted by atomic mass is 19.1. The molecule has 5 nitrogen and oxygen atoms in total. The number of rotatable bonds is 3. The van der Waals surface area contributed by atoms with Gasteiger partial charge in [0.2, 0.25) is 0 Å². The van der Waals surface area contributed by atoms with Crippen LogP contribution in [0.5, 0.6) is 5.75 Å². The van der Waals surface area contributed by atoms with Crippen molar-refractivity contribution in [2.45, 2.75) is 12.0 Å². The smallest absolute Gasteiger partial charge is 0.253 e. The van der Waals surface area contributed by atoms with Crippen molar-refractivity contribution in [1.29, 1.82) is 0 Å². The minimum absolute atomic E-state index is 0.0939. The van der Waals surface area contributed by atoms with E-state index in [1.807, 2.05) is 0 Å². The summed E-state index contributed by atoms with van der Waals surface area (Å²) in [4.78, 5) is 13.9. The van der Waals surface area contributed by atoms with E-state index in [0.29, 0.717) is 29.7 Å². The molecule has 0 aliphatic carbocycles. The first-order chi connectivity index (χ1) is 11.4. The third kappa shape index (κ3) is 3.11. The Balaban J connectivity index is 1.78. The Bertz CT molecular complexity index is 762. The molecule has 3 N–H and O–H groups in total. The minimum Gasteiger partial charge on any atom is -0.508 e. The fourth-order valence-electron chi connectivity index (χ4n) is 2.87. The molecule has 0 spiro atoms. The SMILES string of the molecule is O=C(c1ccc(-c2ccc(O)cc2F)cc1)N1CC[C@](O)(CO)C1. The molecule has 0 bridgehead atoms. The number of halogens is 1. The first-order valence-corrected chi connectivity index (χ1v) is 7.63. The van der Waals surface area contributed by atoms with Crippen LogP contribution in [0.3, 0.4) is 0 Å². The molecule has 0 saturated carbocycles. The lowest BCUT2D eigenvalue weighted by atomic mass is 10.0. The van der Waals surface area contributed by atoms with Crippen molar-refractivity contribution in [3.63, 3.8) is 0 Å². The van der Waals surface area contributed by atoms with Crippen molar-refractivity contribution in [1.82, 2.24) is 4.90 Å². The molecular weight excluding hydrogens is 313 g/mol. The van der Waals surface area contributed by atoms with Gasteiger partial charge in [-0.3, -0.25) is 4.79 Å². The Labute approximate surface area is 138 Å². The molecule has 1 aliphatic heterocycles. The van der Waals surface area contributed by atoms with Crippen molar-refractivity contribution >= 4 is 5.91 Å². The van der Waals surface area contributed by atoms with Crippen LogP contribution in [0, 0.1) is 5.82 Å². The molecule has 2 aromatic rings. The van der Waals surface area contributed by atoms with Gasteiger partial charge in [-0.1, -0.05) is 12.1 Å². The normalized spacial score (nSPS) is 20.4. The maximum atomic E-state index is 13.9. The molecule has 1 fully saturated rings. The Morgan fingerprint density at radius 1 is 1.21 bits per heavy atom. The molecule has 126 valence electrons. The van der Waals surface area contributed by atoms with E-state index in [4.69, 9.17) is 5.11 Å². The zero-order valence-corrected chi connectivity index (χ0v) is 12.9. The van der Waals surface area contributed by atoms with E-state index in [1.54, 1.807) is 24.3 Å². The molecule has 1 saturated heterocycles. The van der Waals surface area contributed by atoms with E-state index >= 15 is 0 Å². The Morgan fingerprint density at radius 3 is 2.50 bits per heavy atom. The second-order valence-corrected chi connectivity index (χ2v) is 6.10. The summed E-state index contributed by atoms with van der Waals surface area (Å²) < 4.78 is 13.9. The number of hydrogen-bond donors (Lipinski definition) is 3. The summed E-state index contributed by atoms with van der Waals surface area (Å²) in [6, 6.07) is 10.4. The molecule has 0 unspecified atom stereocenters. The number of carbonyl (C=O) groups is 1. The summed E-state index contributed by atoms with van der Waals surface area (Å²) in [5, 5.41) is 28.4. The number of nitrogens with zero attached hydrogens (tertiary/aromatic N) is 1. The van der Waals surface area contributed by atoms with Gasteiger partial charge in [-0.15, -0.1) is 0 Å². The Morgan fingerprint density at radius 2 is 1.92 bits per heavy atom. The predicted octanol–water partition coefficient (Wildman–Crippen LogP) is 1.77. The topological polar surface area (TPSA) is 81.0 Å². The van der Waals surface area contributed by atoms with E-state index in [-0.39, 0.29) is 24.8 Å². The number of aliphatic hydroxyl groups excluding tert-OH is 1. The molecular formula is C18H18FNO4. The number of amides is 1. The second kappa shape index (κ2) is 6.22. The van der Waals surface area contributed by atoms with Crippen LogP contribution in [0.2, 0.25) is 0 Å². The monoisotopic (exact) mass is 331 g/mol. The van der Waals surface area contributed by atoms with Gasteiger partial charge in [0.05, 0.1) is 13.2 Å². The van der Waals surface area contributed by atoms with Gasteiger partial charge in [-0.05, 0) is 36.2 Å². The van der Waals surface area contributed by atoms with Gasteiger partial charge in [-0.2, -0.15) is 0 Å². The average Bonchev–Trinajstić information content (AvgIpc) is 2.98. The summed E-state index contributed by atoms with van der Waals surface area (Å²) in [5.74, 6) is -0.924. The van der Waals surface area contributed by atoms with Gasteiger partial charge in [0.1, 0.15) is 17.2 Å². The zero-order chi connectivity index (χ0) is 17.3. The van der Waals surface area contributed by atoms with Crippen molar-refractivity contribution in [3.05, 3.63) is 53.8 Å². The number of benzene rings is 2. The molecule has 1 heterocycles. The largest absolute Gasteiger partial charge is 0.508 e. The first kappa shape index (κ1) is 16.4. The van der Waals surface area contributed by atoms with Crippen molar-refractivity contribution < 1.29 is 24.5 Å². The van der Waals surface area contributed by atoms with Crippen LogP contribution < -0.4 is 0 Å². The first-order valence-electron chi connectivity index (χ1n) is 7.63. The third-order valence-electron chi connectivity index (χ3n) is 4.31. The van der Waals surface area contributed by atoms with Crippen LogP contribution in [-0.4, -0.2) is 51.4 Å². The van der Waals surface area contributed by atoms with Gasteiger partial charge in [-0.25, -0.2) is 4.39 Å².